The fraction of sp³-hybridized carbons (Fsp3) is 0.222. The van der Waals surface area contributed by atoms with Gasteiger partial charge in [0.15, 0.2) is 0 Å². The summed E-state index contributed by atoms with van der Waals surface area (Å²) in [5.74, 6) is -0.537. The minimum Gasteiger partial charge on any atom is -0.330 e. The molecule has 36 heavy (non-hydrogen) atoms. The zero-order valence-electron chi connectivity index (χ0n) is 19.8. The van der Waals surface area contributed by atoms with Crippen LogP contribution >= 0.6 is 0 Å². The number of carbonyl (C=O) groups is 1. The first kappa shape index (κ1) is 25.3. The third kappa shape index (κ3) is 5.87. The molecule has 8 nitrogen and oxygen atoms in total. The molecule has 1 amide bonds. The Morgan fingerprint density at radius 1 is 0.917 bits per heavy atom. The van der Waals surface area contributed by atoms with Crippen molar-refractivity contribution in [2.75, 3.05) is 6.54 Å². The van der Waals surface area contributed by atoms with Gasteiger partial charge < -0.3 is 5.73 Å². The lowest BCUT2D eigenvalue weighted by atomic mass is 10.0. The fourth-order valence-electron chi connectivity index (χ4n) is 4.01. The summed E-state index contributed by atoms with van der Waals surface area (Å²) in [5.41, 5.74) is 7.28. The maximum Gasteiger partial charge on any atom is 0.274 e. The number of unbranched alkanes of at least 4 members (excludes halogenated alkanes) is 2. The minimum atomic E-state index is -4.05. The van der Waals surface area contributed by atoms with E-state index >= 15 is 0 Å². The first-order chi connectivity index (χ1) is 17.4. The van der Waals surface area contributed by atoms with Crippen molar-refractivity contribution < 1.29 is 13.2 Å². The molecule has 0 atom stereocenters. The number of aromatic nitrogens is 2. The van der Waals surface area contributed by atoms with Crippen LogP contribution in [0, 0.1) is 0 Å². The van der Waals surface area contributed by atoms with Crippen LogP contribution in [0.5, 0.6) is 0 Å². The molecule has 1 heterocycles. The molecule has 4 rings (SSSR count). The zero-order valence-corrected chi connectivity index (χ0v) is 20.6. The predicted octanol–water partition coefficient (Wildman–Crippen LogP) is 3.44. The summed E-state index contributed by atoms with van der Waals surface area (Å²) in [6, 6.07) is 21.1. The van der Waals surface area contributed by atoms with E-state index in [0.29, 0.717) is 29.5 Å². The second-order valence-corrected chi connectivity index (χ2v) is 10.2. The summed E-state index contributed by atoms with van der Waals surface area (Å²) in [6.07, 6.45) is 3.94. The summed E-state index contributed by atoms with van der Waals surface area (Å²) in [5, 5.41) is 5.65. The molecule has 3 N–H and O–H groups in total. The highest BCUT2D eigenvalue weighted by Crippen LogP contribution is 2.27. The number of fused-ring (bicyclic) bond motifs is 1. The van der Waals surface area contributed by atoms with Gasteiger partial charge >= 0.3 is 0 Å². The van der Waals surface area contributed by atoms with E-state index in [-0.39, 0.29) is 23.4 Å². The first-order valence-corrected chi connectivity index (χ1v) is 13.3. The summed E-state index contributed by atoms with van der Waals surface area (Å²) < 4.78 is 29.5. The molecule has 4 aromatic rings. The standard InChI is InChI=1S/C27H28N4O4S/c28-17-7-1-2-12-26(32)30-36(34,35)25-11-6-5-9-23(25)21-15-13-20(14-16-21)19-31-27(33)24-10-4-3-8-22(24)18-29-31/h3-6,8-11,13-16,18H,1-2,7,12,17,19,28H2,(H,30,32). The highest BCUT2D eigenvalue weighted by atomic mass is 32.2. The van der Waals surface area contributed by atoms with Gasteiger partial charge in [-0.05, 0) is 42.6 Å². The van der Waals surface area contributed by atoms with Gasteiger partial charge in [0.1, 0.15) is 0 Å². The molecule has 0 bridgehead atoms. The van der Waals surface area contributed by atoms with Crippen LogP contribution in [-0.4, -0.2) is 30.7 Å². The Kier molecular flexibility index (Phi) is 7.92. The van der Waals surface area contributed by atoms with Crippen LogP contribution in [0.3, 0.4) is 0 Å². The Bertz CT molecular complexity index is 1530. The fourth-order valence-corrected chi connectivity index (χ4v) is 5.25. The Morgan fingerprint density at radius 3 is 2.42 bits per heavy atom. The second-order valence-electron chi connectivity index (χ2n) is 8.52. The summed E-state index contributed by atoms with van der Waals surface area (Å²) >= 11 is 0. The normalized spacial score (nSPS) is 11.5. The molecule has 0 saturated carbocycles. The van der Waals surface area contributed by atoms with E-state index in [4.69, 9.17) is 5.73 Å². The van der Waals surface area contributed by atoms with Crippen molar-refractivity contribution in [1.82, 2.24) is 14.5 Å². The van der Waals surface area contributed by atoms with E-state index in [1.165, 1.54) is 10.7 Å². The summed E-state index contributed by atoms with van der Waals surface area (Å²) in [4.78, 5) is 25.0. The molecule has 0 aliphatic heterocycles. The lowest BCUT2D eigenvalue weighted by molar-refractivity contribution is -0.119. The monoisotopic (exact) mass is 504 g/mol. The Balaban J connectivity index is 1.53. The van der Waals surface area contributed by atoms with Crippen LogP contribution < -0.4 is 16.0 Å². The predicted molar refractivity (Wildman–Crippen MR) is 140 cm³/mol. The topological polar surface area (TPSA) is 124 Å². The molecule has 9 heteroatoms. The Labute approximate surface area is 209 Å². The number of hydrogen-bond acceptors (Lipinski definition) is 6. The SMILES string of the molecule is NCCCCCC(=O)NS(=O)(=O)c1ccccc1-c1ccc(Cn2ncc3ccccc3c2=O)cc1. The smallest absolute Gasteiger partial charge is 0.274 e. The molecule has 0 saturated heterocycles. The van der Waals surface area contributed by atoms with Gasteiger partial charge in [-0.2, -0.15) is 5.10 Å². The molecule has 0 aliphatic carbocycles. The van der Waals surface area contributed by atoms with Crippen molar-refractivity contribution in [3.8, 4) is 11.1 Å². The lowest BCUT2D eigenvalue weighted by Crippen LogP contribution is -2.30. The van der Waals surface area contributed by atoms with Crippen molar-refractivity contribution in [2.24, 2.45) is 5.73 Å². The third-order valence-corrected chi connectivity index (χ3v) is 7.32. The molecule has 186 valence electrons. The quantitative estimate of drug-likeness (QED) is 0.319. The first-order valence-electron chi connectivity index (χ1n) is 11.8. The van der Waals surface area contributed by atoms with E-state index in [1.54, 1.807) is 42.6 Å². The lowest BCUT2D eigenvalue weighted by Gasteiger charge is -2.12. The highest BCUT2D eigenvalue weighted by Gasteiger charge is 2.21. The van der Waals surface area contributed by atoms with Gasteiger partial charge in [0, 0.05) is 17.4 Å². The number of hydrogen-bond donors (Lipinski definition) is 2. The summed E-state index contributed by atoms with van der Waals surface area (Å²) in [7, 11) is -4.05. The van der Waals surface area contributed by atoms with Crippen LogP contribution in [0.2, 0.25) is 0 Å². The largest absolute Gasteiger partial charge is 0.330 e. The number of nitrogens with two attached hydrogens (primary N) is 1. The van der Waals surface area contributed by atoms with Crippen molar-refractivity contribution >= 4 is 26.7 Å². The van der Waals surface area contributed by atoms with Gasteiger partial charge in [-0.3, -0.25) is 9.59 Å². The molecular weight excluding hydrogens is 476 g/mol. The maximum atomic E-state index is 13.0. The van der Waals surface area contributed by atoms with Crippen LogP contribution in [0.4, 0.5) is 0 Å². The maximum absolute atomic E-state index is 13.0. The second kappa shape index (κ2) is 11.3. The van der Waals surface area contributed by atoms with Gasteiger partial charge in [0.2, 0.25) is 5.91 Å². The average Bonchev–Trinajstić information content (AvgIpc) is 2.89. The third-order valence-electron chi connectivity index (χ3n) is 5.89. The van der Waals surface area contributed by atoms with E-state index in [9.17, 15) is 18.0 Å². The van der Waals surface area contributed by atoms with E-state index in [1.807, 2.05) is 30.3 Å². The van der Waals surface area contributed by atoms with Crippen LogP contribution in [0.25, 0.3) is 21.9 Å². The van der Waals surface area contributed by atoms with Crippen LogP contribution in [0.15, 0.2) is 88.7 Å². The van der Waals surface area contributed by atoms with Crippen LogP contribution in [-0.2, 0) is 21.4 Å². The Hall–Kier alpha value is -3.82. The van der Waals surface area contributed by atoms with Crippen LogP contribution in [0.1, 0.15) is 31.2 Å². The van der Waals surface area contributed by atoms with Crippen molar-refractivity contribution in [3.63, 3.8) is 0 Å². The zero-order chi connectivity index (χ0) is 25.5. The number of amides is 1. The Morgan fingerprint density at radius 2 is 1.64 bits per heavy atom. The number of sulfonamides is 1. The van der Waals surface area contributed by atoms with Crippen molar-refractivity contribution in [2.45, 2.75) is 37.1 Å². The van der Waals surface area contributed by atoms with Gasteiger partial charge in [-0.1, -0.05) is 67.1 Å². The molecule has 0 unspecified atom stereocenters. The van der Waals surface area contributed by atoms with Gasteiger partial charge in [0.25, 0.3) is 15.6 Å². The minimum absolute atomic E-state index is 0.0282. The van der Waals surface area contributed by atoms with E-state index in [0.717, 1.165) is 23.8 Å². The molecule has 3 aromatic carbocycles. The number of rotatable bonds is 10. The number of carbonyl (C=O) groups excluding carboxylic acids is 1. The molecule has 0 radical (unpaired) electrons. The van der Waals surface area contributed by atoms with Crippen molar-refractivity contribution in [3.05, 3.63) is 94.9 Å². The van der Waals surface area contributed by atoms with Gasteiger partial charge in [0.05, 0.1) is 23.0 Å². The summed E-state index contributed by atoms with van der Waals surface area (Å²) in [6.45, 7) is 0.825. The number of nitrogens with one attached hydrogen (secondary N) is 1. The number of benzene rings is 3. The van der Waals surface area contributed by atoms with E-state index < -0.39 is 15.9 Å². The molecule has 0 spiro atoms. The van der Waals surface area contributed by atoms with Gasteiger partial charge in [-0.25, -0.2) is 17.8 Å². The number of nitrogens with zero attached hydrogens (tertiary/aromatic N) is 2. The van der Waals surface area contributed by atoms with Crippen molar-refractivity contribution in [1.29, 1.82) is 0 Å². The van der Waals surface area contributed by atoms with E-state index in [2.05, 4.69) is 9.82 Å². The molecule has 0 fully saturated rings. The molecule has 0 aliphatic rings. The molecule has 1 aromatic heterocycles. The highest BCUT2D eigenvalue weighted by molar-refractivity contribution is 7.90. The van der Waals surface area contributed by atoms with Gasteiger partial charge in [-0.15, -0.1) is 0 Å². The molecular formula is C27H28N4O4S. The average molecular weight is 505 g/mol.